The number of nitrogens with zero attached hydrogens (tertiary/aromatic N) is 2. The van der Waals surface area contributed by atoms with Crippen LogP contribution in [0.15, 0.2) is 48.5 Å². The quantitative estimate of drug-likeness (QED) is 0.637. The second kappa shape index (κ2) is 7.85. The summed E-state index contributed by atoms with van der Waals surface area (Å²) in [5, 5.41) is 10.7. The molecule has 134 valence electrons. The molecule has 26 heavy (non-hydrogen) atoms. The van der Waals surface area contributed by atoms with Gasteiger partial charge in [0, 0.05) is 10.6 Å². The zero-order chi connectivity index (χ0) is 18.7. The average molecular weight is 387 g/mol. The molecule has 0 saturated heterocycles. The van der Waals surface area contributed by atoms with Crippen LogP contribution >= 0.6 is 23.8 Å². The molecular weight excluding hydrogens is 368 g/mol. The number of carbonyl (C=O) groups excluding carboxylic acids is 1. The molecule has 1 heterocycles. The van der Waals surface area contributed by atoms with Gasteiger partial charge in [0.15, 0.2) is 10.6 Å². The summed E-state index contributed by atoms with van der Waals surface area (Å²) in [5.41, 5.74) is 3.01. The molecule has 0 unspecified atom stereocenters. The van der Waals surface area contributed by atoms with Crippen LogP contribution < -0.4 is 5.32 Å². The Morgan fingerprint density at radius 2 is 2.04 bits per heavy atom. The lowest BCUT2D eigenvalue weighted by Crippen LogP contribution is -2.30. The van der Waals surface area contributed by atoms with Crippen molar-refractivity contribution in [2.45, 2.75) is 26.4 Å². The minimum atomic E-state index is -0.140. The monoisotopic (exact) mass is 386 g/mol. The summed E-state index contributed by atoms with van der Waals surface area (Å²) >= 11 is 11.2. The van der Waals surface area contributed by atoms with Gasteiger partial charge >= 0.3 is 0 Å². The van der Waals surface area contributed by atoms with Gasteiger partial charge in [0.2, 0.25) is 5.91 Å². The van der Waals surface area contributed by atoms with Crippen LogP contribution in [0.3, 0.4) is 0 Å². The number of halogens is 1. The Morgan fingerprint density at radius 1 is 1.31 bits per heavy atom. The van der Waals surface area contributed by atoms with Gasteiger partial charge in [-0.1, -0.05) is 47.5 Å². The van der Waals surface area contributed by atoms with Gasteiger partial charge in [-0.15, -0.1) is 0 Å². The minimum absolute atomic E-state index is 0.0938. The normalized spacial score (nSPS) is 12.0. The highest BCUT2D eigenvalue weighted by molar-refractivity contribution is 7.71. The van der Waals surface area contributed by atoms with E-state index in [0.29, 0.717) is 15.6 Å². The van der Waals surface area contributed by atoms with E-state index in [0.717, 1.165) is 16.7 Å². The molecule has 0 aliphatic heterocycles. The topological polar surface area (TPSA) is 62.7 Å². The van der Waals surface area contributed by atoms with Crippen LogP contribution in [0.4, 0.5) is 0 Å². The number of hydrogen-bond acceptors (Lipinski definition) is 3. The molecule has 0 fully saturated rings. The van der Waals surface area contributed by atoms with Gasteiger partial charge in [-0.3, -0.25) is 14.5 Å². The third-order valence-electron chi connectivity index (χ3n) is 4.08. The van der Waals surface area contributed by atoms with Gasteiger partial charge in [-0.05, 0) is 49.8 Å². The number of hydrogen-bond donors (Lipinski definition) is 2. The summed E-state index contributed by atoms with van der Waals surface area (Å²) in [6.07, 6.45) is 0. The fourth-order valence-corrected chi connectivity index (χ4v) is 3.06. The summed E-state index contributed by atoms with van der Waals surface area (Å²) in [4.78, 5) is 12.5. The third-order valence-corrected chi connectivity index (χ3v) is 4.65. The van der Waals surface area contributed by atoms with Gasteiger partial charge in [0.1, 0.15) is 6.54 Å². The molecule has 3 rings (SSSR count). The van der Waals surface area contributed by atoms with Crippen LogP contribution in [0.2, 0.25) is 5.02 Å². The number of aromatic nitrogens is 3. The van der Waals surface area contributed by atoms with E-state index in [9.17, 15) is 4.79 Å². The maximum absolute atomic E-state index is 12.5. The molecule has 2 N–H and O–H groups in total. The zero-order valence-electron chi connectivity index (χ0n) is 14.5. The first kappa shape index (κ1) is 18.4. The summed E-state index contributed by atoms with van der Waals surface area (Å²) in [6.45, 7) is 4.03. The Kier molecular flexibility index (Phi) is 5.54. The van der Waals surface area contributed by atoms with Gasteiger partial charge < -0.3 is 5.32 Å². The smallest absolute Gasteiger partial charge is 0.240 e. The number of nitrogens with one attached hydrogen (secondary N) is 2. The lowest BCUT2D eigenvalue weighted by Gasteiger charge is -2.15. The van der Waals surface area contributed by atoms with E-state index in [1.807, 2.05) is 62.4 Å². The molecule has 0 aliphatic rings. The van der Waals surface area contributed by atoms with Crippen LogP contribution in [0, 0.1) is 11.7 Å². The van der Waals surface area contributed by atoms with Crippen molar-refractivity contribution in [3.8, 4) is 11.4 Å². The van der Waals surface area contributed by atoms with E-state index in [1.165, 1.54) is 0 Å². The fraction of sp³-hybridized carbons (Fsp3) is 0.211. The average Bonchev–Trinajstić information content (AvgIpc) is 2.96. The van der Waals surface area contributed by atoms with Crippen LogP contribution in [0.5, 0.6) is 0 Å². The lowest BCUT2D eigenvalue weighted by molar-refractivity contribution is -0.122. The number of H-pyrrole nitrogens is 1. The first-order valence-electron chi connectivity index (χ1n) is 8.21. The molecule has 0 saturated carbocycles. The van der Waals surface area contributed by atoms with E-state index >= 15 is 0 Å². The summed E-state index contributed by atoms with van der Waals surface area (Å²) < 4.78 is 2.12. The van der Waals surface area contributed by atoms with Gasteiger partial charge in [-0.25, -0.2) is 0 Å². The Balaban J connectivity index is 1.76. The Bertz CT molecular complexity index is 978. The largest absolute Gasteiger partial charge is 0.348 e. The Morgan fingerprint density at radius 3 is 2.73 bits per heavy atom. The number of aryl methyl sites for hydroxylation is 1. The molecular formula is C19H19ClN4OS. The molecule has 3 aromatic rings. The summed E-state index contributed by atoms with van der Waals surface area (Å²) in [5.74, 6) is 0.506. The van der Waals surface area contributed by atoms with E-state index in [1.54, 1.807) is 4.57 Å². The number of rotatable bonds is 5. The van der Waals surface area contributed by atoms with Crippen LogP contribution in [-0.4, -0.2) is 20.7 Å². The van der Waals surface area contributed by atoms with Crippen LogP contribution in [0.25, 0.3) is 11.4 Å². The number of aromatic amines is 1. The third kappa shape index (κ3) is 4.20. The fourth-order valence-electron chi connectivity index (χ4n) is 2.73. The highest BCUT2D eigenvalue weighted by Gasteiger charge is 2.15. The molecule has 2 aromatic carbocycles. The molecule has 0 bridgehead atoms. The van der Waals surface area contributed by atoms with Crippen LogP contribution in [-0.2, 0) is 11.3 Å². The summed E-state index contributed by atoms with van der Waals surface area (Å²) in [6, 6.07) is 15.2. The number of benzene rings is 2. The molecule has 5 nitrogen and oxygen atoms in total. The van der Waals surface area contributed by atoms with Crippen molar-refractivity contribution in [2.75, 3.05) is 0 Å². The zero-order valence-corrected chi connectivity index (χ0v) is 16.1. The highest BCUT2D eigenvalue weighted by atomic mass is 35.5. The molecule has 1 amide bonds. The van der Waals surface area contributed by atoms with Crippen molar-refractivity contribution >= 4 is 29.7 Å². The van der Waals surface area contributed by atoms with Crippen LogP contribution in [0.1, 0.15) is 24.1 Å². The van der Waals surface area contributed by atoms with Crippen molar-refractivity contribution in [1.29, 1.82) is 0 Å². The maximum atomic E-state index is 12.5. The molecule has 0 aliphatic carbocycles. The van der Waals surface area contributed by atoms with Crippen molar-refractivity contribution in [1.82, 2.24) is 20.1 Å². The van der Waals surface area contributed by atoms with Crippen molar-refractivity contribution in [3.05, 3.63) is 69.5 Å². The molecule has 0 spiro atoms. The van der Waals surface area contributed by atoms with Crippen molar-refractivity contribution < 1.29 is 4.79 Å². The Hall–Kier alpha value is -2.44. The molecule has 1 atom stereocenters. The first-order chi connectivity index (χ1) is 12.4. The van der Waals surface area contributed by atoms with E-state index in [2.05, 4.69) is 15.5 Å². The minimum Gasteiger partial charge on any atom is -0.348 e. The molecule has 7 heteroatoms. The first-order valence-corrected chi connectivity index (χ1v) is 9.00. The standard InChI is InChI=1S/C19H19ClN4OS/c1-12-4-3-5-15(10-12)18-22-23-19(26)24(18)11-17(25)21-13(2)14-6-8-16(20)9-7-14/h3-10,13H,11H2,1-2H3,(H,21,25)(H,23,26)/t13-/m0/s1. The lowest BCUT2D eigenvalue weighted by atomic mass is 10.1. The van der Waals surface area contributed by atoms with Crippen molar-refractivity contribution in [2.24, 2.45) is 0 Å². The van der Waals surface area contributed by atoms with Gasteiger partial charge in [-0.2, -0.15) is 5.10 Å². The maximum Gasteiger partial charge on any atom is 0.240 e. The second-order valence-electron chi connectivity index (χ2n) is 6.15. The molecule has 0 radical (unpaired) electrons. The molecule has 1 aromatic heterocycles. The number of carbonyl (C=O) groups is 1. The number of amides is 1. The SMILES string of the molecule is Cc1cccc(-c2n[nH]c(=S)n2CC(=O)N[C@@H](C)c2ccc(Cl)cc2)c1. The summed E-state index contributed by atoms with van der Waals surface area (Å²) in [7, 11) is 0. The predicted molar refractivity (Wildman–Crippen MR) is 106 cm³/mol. The Labute approximate surface area is 162 Å². The van der Waals surface area contributed by atoms with E-state index in [4.69, 9.17) is 23.8 Å². The van der Waals surface area contributed by atoms with Gasteiger partial charge in [0.05, 0.1) is 6.04 Å². The van der Waals surface area contributed by atoms with E-state index in [-0.39, 0.29) is 18.5 Å². The van der Waals surface area contributed by atoms with Crippen molar-refractivity contribution in [3.63, 3.8) is 0 Å². The van der Waals surface area contributed by atoms with E-state index < -0.39 is 0 Å². The highest BCUT2D eigenvalue weighted by Crippen LogP contribution is 2.19. The predicted octanol–water partition coefficient (Wildman–Crippen LogP) is 4.45. The van der Waals surface area contributed by atoms with Gasteiger partial charge in [0.25, 0.3) is 0 Å². The second-order valence-corrected chi connectivity index (χ2v) is 6.97.